The monoisotopic (exact) mass is 328 g/mol. The molecule has 2 aliphatic heterocycles. The van der Waals surface area contributed by atoms with Crippen LogP contribution < -0.4 is 0 Å². The summed E-state index contributed by atoms with van der Waals surface area (Å²) in [6, 6.07) is 0. The maximum atomic E-state index is 4.46. The van der Waals surface area contributed by atoms with Gasteiger partial charge in [0.15, 0.2) is 0 Å². The van der Waals surface area contributed by atoms with Crippen molar-refractivity contribution >= 4 is 0 Å². The maximum Gasteiger partial charge on any atom is 0.127 e. The van der Waals surface area contributed by atoms with E-state index in [1.165, 1.54) is 76.8 Å². The van der Waals surface area contributed by atoms with Gasteiger partial charge in [-0.15, -0.1) is 0 Å². The molecule has 1 aliphatic carbocycles. The van der Waals surface area contributed by atoms with E-state index >= 15 is 0 Å². The molecule has 132 valence electrons. The van der Waals surface area contributed by atoms with E-state index in [4.69, 9.17) is 0 Å². The quantitative estimate of drug-likeness (QED) is 0.831. The number of likely N-dealkylation sites (tertiary alicyclic amines) is 2. The van der Waals surface area contributed by atoms with E-state index in [1.54, 1.807) is 0 Å². The summed E-state index contributed by atoms with van der Waals surface area (Å²) in [5, 5.41) is 0. The van der Waals surface area contributed by atoms with Crippen LogP contribution >= 0.6 is 0 Å². The Balaban J connectivity index is 1.32. The van der Waals surface area contributed by atoms with E-state index in [2.05, 4.69) is 26.7 Å². The van der Waals surface area contributed by atoms with Crippen LogP contribution in [-0.4, -0.2) is 52.5 Å². The molecule has 0 N–H and O–H groups in total. The first-order valence-corrected chi connectivity index (χ1v) is 9.99. The van der Waals surface area contributed by atoms with Gasteiger partial charge in [0.05, 0.1) is 0 Å². The second-order valence-corrected chi connectivity index (χ2v) is 8.46. The molecule has 2 saturated heterocycles. The minimum absolute atomic E-state index is 0.562. The molecule has 4 heteroatoms. The summed E-state index contributed by atoms with van der Waals surface area (Å²) in [4.78, 5) is 14.3. The molecule has 3 aliphatic rings. The highest BCUT2D eigenvalue weighted by Gasteiger charge is 2.41. The Morgan fingerprint density at radius 3 is 2.54 bits per heavy atom. The Kier molecular flexibility index (Phi) is 4.86. The Hall–Kier alpha value is -1.00. The van der Waals surface area contributed by atoms with Crippen LogP contribution in [-0.2, 0) is 13.0 Å². The zero-order valence-corrected chi connectivity index (χ0v) is 15.2. The molecule has 3 fully saturated rings. The van der Waals surface area contributed by atoms with Gasteiger partial charge in [-0.3, -0.25) is 4.90 Å². The molecular weight excluding hydrogens is 296 g/mol. The van der Waals surface area contributed by atoms with E-state index in [0.717, 1.165) is 24.7 Å². The first-order valence-electron chi connectivity index (χ1n) is 9.99. The van der Waals surface area contributed by atoms with Crippen LogP contribution in [0, 0.1) is 11.3 Å². The van der Waals surface area contributed by atoms with Crippen molar-refractivity contribution in [3.05, 3.63) is 23.8 Å². The van der Waals surface area contributed by atoms with Gasteiger partial charge in [-0.25, -0.2) is 9.97 Å². The second kappa shape index (κ2) is 7.09. The van der Waals surface area contributed by atoms with E-state index in [9.17, 15) is 0 Å². The molecule has 1 saturated carbocycles. The predicted molar refractivity (Wildman–Crippen MR) is 96.8 cm³/mol. The lowest BCUT2D eigenvalue weighted by atomic mass is 9.78. The average molecular weight is 329 g/mol. The van der Waals surface area contributed by atoms with Gasteiger partial charge < -0.3 is 4.90 Å². The molecule has 1 atom stereocenters. The van der Waals surface area contributed by atoms with Crippen LogP contribution in [0.2, 0.25) is 0 Å². The number of aromatic nitrogens is 2. The summed E-state index contributed by atoms with van der Waals surface area (Å²) in [5.41, 5.74) is 1.83. The van der Waals surface area contributed by atoms with Crippen LogP contribution in [0.5, 0.6) is 0 Å². The lowest BCUT2D eigenvalue weighted by Crippen LogP contribution is -2.47. The van der Waals surface area contributed by atoms with Gasteiger partial charge in [-0.1, -0.05) is 13.3 Å². The molecule has 3 heterocycles. The van der Waals surface area contributed by atoms with Crippen molar-refractivity contribution in [2.45, 2.75) is 58.4 Å². The number of hydrogen-bond donors (Lipinski definition) is 0. The molecule has 0 radical (unpaired) electrons. The van der Waals surface area contributed by atoms with Crippen molar-refractivity contribution in [2.24, 2.45) is 11.3 Å². The smallest absolute Gasteiger partial charge is 0.127 e. The van der Waals surface area contributed by atoms with Crippen molar-refractivity contribution in [1.82, 2.24) is 19.8 Å². The first kappa shape index (κ1) is 16.5. The van der Waals surface area contributed by atoms with Crippen molar-refractivity contribution in [2.75, 3.05) is 32.7 Å². The molecule has 24 heavy (non-hydrogen) atoms. The maximum absolute atomic E-state index is 4.46. The number of piperidine rings is 1. The van der Waals surface area contributed by atoms with E-state index in [-0.39, 0.29) is 0 Å². The Morgan fingerprint density at radius 2 is 1.83 bits per heavy atom. The third-order valence-electron chi connectivity index (χ3n) is 6.48. The lowest BCUT2D eigenvalue weighted by Gasteiger charge is -2.43. The van der Waals surface area contributed by atoms with Crippen LogP contribution in [0.4, 0.5) is 0 Å². The number of nitrogens with zero attached hydrogens (tertiary/aromatic N) is 4. The fourth-order valence-corrected chi connectivity index (χ4v) is 4.91. The van der Waals surface area contributed by atoms with E-state index in [1.807, 2.05) is 12.4 Å². The normalized spacial score (nSPS) is 29.2. The fourth-order valence-electron chi connectivity index (χ4n) is 4.91. The van der Waals surface area contributed by atoms with Gasteiger partial charge in [0, 0.05) is 50.6 Å². The van der Waals surface area contributed by atoms with Crippen LogP contribution in [0.25, 0.3) is 0 Å². The van der Waals surface area contributed by atoms with Crippen molar-refractivity contribution in [3.63, 3.8) is 0 Å². The largest absolute Gasteiger partial charge is 0.302 e. The van der Waals surface area contributed by atoms with Gasteiger partial charge >= 0.3 is 0 Å². The minimum Gasteiger partial charge on any atom is -0.302 e. The average Bonchev–Trinajstić information content (AvgIpc) is 2.94. The second-order valence-electron chi connectivity index (χ2n) is 8.46. The molecule has 0 aromatic carbocycles. The third-order valence-corrected chi connectivity index (χ3v) is 6.48. The molecule has 1 aromatic heterocycles. The molecule has 1 aromatic rings. The van der Waals surface area contributed by atoms with E-state index in [0.29, 0.717) is 5.41 Å². The van der Waals surface area contributed by atoms with E-state index < -0.39 is 0 Å². The van der Waals surface area contributed by atoms with Crippen LogP contribution in [0.1, 0.15) is 56.8 Å². The highest BCUT2D eigenvalue weighted by molar-refractivity contribution is 5.07. The summed E-state index contributed by atoms with van der Waals surface area (Å²) in [5.74, 6) is 1.96. The number of hydrogen-bond acceptors (Lipinski definition) is 4. The van der Waals surface area contributed by atoms with Crippen LogP contribution in [0.15, 0.2) is 12.4 Å². The molecule has 1 unspecified atom stereocenters. The number of rotatable bonds is 5. The van der Waals surface area contributed by atoms with Gasteiger partial charge in [0.2, 0.25) is 0 Å². The molecule has 4 rings (SSSR count). The summed E-state index contributed by atoms with van der Waals surface area (Å²) in [6.07, 6.45) is 13.6. The summed E-state index contributed by atoms with van der Waals surface area (Å²) in [6.45, 7) is 9.69. The SMILES string of the molecule is CCc1ncc(CN2CCC3(CCCN(CC4CCC4)C3)C2)cn1. The topological polar surface area (TPSA) is 32.3 Å². The molecule has 0 amide bonds. The Morgan fingerprint density at radius 1 is 1.04 bits per heavy atom. The zero-order chi connectivity index (χ0) is 16.4. The predicted octanol–water partition coefficient (Wildman–Crippen LogP) is 3.13. The molecule has 4 nitrogen and oxygen atoms in total. The molecule has 1 spiro atoms. The van der Waals surface area contributed by atoms with Crippen molar-refractivity contribution in [1.29, 1.82) is 0 Å². The van der Waals surface area contributed by atoms with Crippen molar-refractivity contribution < 1.29 is 0 Å². The number of aryl methyl sites for hydroxylation is 1. The Labute approximate surface area is 146 Å². The van der Waals surface area contributed by atoms with Gasteiger partial charge in [0.1, 0.15) is 5.82 Å². The first-order chi connectivity index (χ1) is 11.7. The standard InChI is InChI=1S/C20H32N4/c1-2-19-21-11-18(12-22-19)14-24-10-8-20(16-24)7-4-9-23(15-20)13-17-5-3-6-17/h11-12,17H,2-10,13-16H2,1H3. The minimum atomic E-state index is 0.562. The summed E-state index contributed by atoms with van der Waals surface area (Å²) < 4.78 is 0. The van der Waals surface area contributed by atoms with Gasteiger partial charge in [-0.05, 0) is 56.5 Å². The Bertz CT molecular complexity index is 539. The fraction of sp³-hybridized carbons (Fsp3) is 0.800. The highest BCUT2D eigenvalue weighted by atomic mass is 15.2. The highest BCUT2D eigenvalue weighted by Crippen LogP contribution is 2.40. The van der Waals surface area contributed by atoms with Crippen molar-refractivity contribution in [3.8, 4) is 0 Å². The zero-order valence-electron chi connectivity index (χ0n) is 15.2. The van der Waals surface area contributed by atoms with Gasteiger partial charge in [-0.2, -0.15) is 0 Å². The third kappa shape index (κ3) is 3.65. The molecule has 0 bridgehead atoms. The summed E-state index contributed by atoms with van der Waals surface area (Å²) >= 11 is 0. The van der Waals surface area contributed by atoms with Gasteiger partial charge in [0.25, 0.3) is 0 Å². The summed E-state index contributed by atoms with van der Waals surface area (Å²) in [7, 11) is 0. The molecular formula is C20H32N4. The van der Waals surface area contributed by atoms with Crippen LogP contribution in [0.3, 0.4) is 0 Å². The lowest BCUT2D eigenvalue weighted by molar-refractivity contribution is 0.0668.